The van der Waals surface area contributed by atoms with Gasteiger partial charge in [-0.2, -0.15) is 5.10 Å². The molecule has 7 nitrogen and oxygen atoms in total. The van der Waals surface area contributed by atoms with E-state index in [1.54, 1.807) is 11.9 Å². The van der Waals surface area contributed by atoms with Crippen molar-refractivity contribution in [1.29, 1.82) is 0 Å². The molecule has 1 aliphatic heterocycles. The van der Waals surface area contributed by atoms with Gasteiger partial charge < -0.3 is 15.4 Å². The molecular formula is C13H13N5O2. The van der Waals surface area contributed by atoms with Crippen molar-refractivity contribution in [2.75, 3.05) is 24.3 Å². The molecule has 0 fully saturated rings. The number of ether oxygens (including phenoxy) is 1. The van der Waals surface area contributed by atoms with Crippen LogP contribution in [0.25, 0.3) is 11.3 Å². The summed E-state index contributed by atoms with van der Waals surface area (Å²) in [6, 6.07) is 5.51. The number of amides is 1. The van der Waals surface area contributed by atoms with Gasteiger partial charge in [-0.25, -0.2) is 4.98 Å². The Bertz CT molecular complexity index is 674. The van der Waals surface area contributed by atoms with Gasteiger partial charge >= 0.3 is 0 Å². The summed E-state index contributed by atoms with van der Waals surface area (Å²) in [4.78, 5) is 17.6. The van der Waals surface area contributed by atoms with E-state index in [4.69, 9.17) is 10.5 Å². The van der Waals surface area contributed by atoms with E-state index in [-0.39, 0.29) is 11.9 Å². The Morgan fingerprint density at radius 3 is 3.05 bits per heavy atom. The highest BCUT2D eigenvalue weighted by Gasteiger charge is 2.20. The van der Waals surface area contributed by atoms with Crippen LogP contribution < -0.4 is 15.4 Å². The van der Waals surface area contributed by atoms with Crippen LogP contribution in [0.1, 0.15) is 6.42 Å². The first kappa shape index (κ1) is 12.3. The maximum Gasteiger partial charge on any atom is 0.240 e. The van der Waals surface area contributed by atoms with Crippen molar-refractivity contribution in [3.05, 3.63) is 24.4 Å². The molecule has 0 atom stereocenters. The SMILES string of the molecule is CN1C(=O)CCOc2ccc(-c3cnnc(N)n3)cc21. The predicted molar refractivity (Wildman–Crippen MR) is 73.2 cm³/mol. The third kappa shape index (κ3) is 2.13. The van der Waals surface area contributed by atoms with Gasteiger partial charge in [-0.15, -0.1) is 5.10 Å². The molecule has 0 saturated heterocycles. The summed E-state index contributed by atoms with van der Waals surface area (Å²) >= 11 is 0. The number of fused-ring (bicyclic) bond motifs is 1. The number of carbonyl (C=O) groups is 1. The van der Waals surface area contributed by atoms with Crippen LogP contribution in [0.5, 0.6) is 5.75 Å². The number of nitrogen functional groups attached to an aromatic ring is 1. The van der Waals surface area contributed by atoms with Crippen molar-refractivity contribution in [2.45, 2.75) is 6.42 Å². The second-order valence-corrected chi connectivity index (χ2v) is 4.43. The van der Waals surface area contributed by atoms with Crippen molar-refractivity contribution in [3.8, 4) is 17.0 Å². The first-order valence-corrected chi connectivity index (χ1v) is 6.14. The quantitative estimate of drug-likeness (QED) is 0.827. The summed E-state index contributed by atoms with van der Waals surface area (Å²) in [5.74, 6) is 0.802. The number of anilines is 2. The zero-order valence-electron chi connectivity index (χ0n) is 10.9. The monoisotopic (exact) mass is 271 g/mol. The summed E-state index contributed by atoms with van der Waals surface area (Å²) < 4.78 is 5.57. The largest absolute Gasteiger partial charge is 0.491 e. The second-order valence-electron chi connectivity index (χ2n) is 4.43. The Morgan fingerprint density at radius 1 is 1.40 bits per heavy atom. The molecule has 0 saturated carbocycles. The van der Waals surface area contributed by atoms with Crippen molar-refractivity contribution in [1.82, 2.24) is 15.2 Å². The second kappa shape index (κ2) is 4.76. The molecule has 102 valence electrons. The Kier molecular flexibility index (Phi) is 2.94. The van der Waals surface area contributed by atoms with E-state index in [9.17, 15) is 4.79 Å². The number of nitrogens with zero attached hydrogens (tertiary/aromatic N) is 4. The lowest BCUT2D eigenvalue weighted by Gasteiger charge is -2.17. The number of benzene rings is 1. The highest BCUT2D eigenvalue weighted by molar-refractivity contribution is 5.95. The summed E-state index contributed by atoms with van der Waals surface area (Å²) in [5, 5.41) is 7.40. The van der Waals surface area contributed by atoms with Gasteiger partial charge in [0.05, 0.1) is 30.6 Å². The third-order valence-corrected chi connectivity index (χ3v) is 3.14. The normalized spacial score (nSPS) is 14.4. The first-order valence-electron chi connectivity index (χ1n) is 6.14. The standard InChI is InChI=1S/C13H13N5O2/c1-18-10-6-8(9-7-15-17-13(14)16-9)2-3-11(10)20-5-4-12(18)19/h2-3,6-7H,4-5H2,1H3,(H2,14,16,17). The first-order chi connectivity index (χ1) is 9.65. The highest BCUT2D eigenvalue weighted by atomic mass is 16.5. The van der Waals surface area contributed by atoms with E-state index in [2.05, 4.69) is 15.2 Å². The van der Waals surface area contributed by atoms with Crippen LogP contribution in [0.2, 0.25) is 0 Å². The molecule has 2 heterocycles. The van der Waals surface area contributed by atoms with E-state index >= 15 is 0 Å². The van der Waals surface area contributed by atoms with Crippen LogP contribution in [0.15, 0.2) is 24.4 Å². The average Bonchev–Trinajstić information content (AvgIpc) is 2.59. The summed E-state index contributed by atoms with van der Waals surface area (Å²) in [6.07, 6.45) is 1.89. The number of aromatic nitrogens is 3. The summed E-state index contributed by atoms with van der Waals surface area (Å²) in [5.41, 5.74) is 7.65. The van der Waals surface area contributed by atoms with Crippen molar-refractivity contribution in [2.24, 2.45) is 0 Å². The van der Waals surface area contributed by atoms with E-state index in [0.29, 0.717) is 30.2 Å². The smallest absolute Gasteiger partial charge is 0.240 e. The minimum absolute atomic E-state index is 0.0150. The van der Waals surface area contributed by atoms with Gasteiger partial charge in [0.15, 0.2) is 0 Å². The van der Waals surface area contributed by atoms with Crippen LogP contribution in [-0.2, 0) is 4.79 Å². The van der Waals surface area contributed by atoms with Gasteiger partial charge in [-0.1, -0.05) is 0 Å². The highest BCUT2D eigenvalue weighted by Crippen LogP contribution is 2.34. The number of rotatable bonds is 1. The molecule has 1 amide bonds. The lowest BCUT2D eigenvalue weighted by atomic mass is 10.1. The number of carbonyl (C=O) groups excluding carboxylic acids is 1. The van der Waals surface area contributed by atoms with Crippen molar-refractivity contribution < 1.29 is 9.53 Å². The Hall–Kier alpha value is -2.70. The fourth-order valence-corrected chi connectivity index (χ4v) is 2.07. The maximum atomic E-state index is 11.9. The molecule has 0 spiro atoms. The molecule has 1 aliphatic rings. The lowest BCUT2D eigenvalue weighted by Crippen LogP contribution is -2.25. The fraction of sp³-hybridized carbons (Fsp3) is 0.231. The molecule has 0 aliphatic carbocycles. The average molecular weight is 271 g/mol. The topological polar surface area (TPSA) is 94.2 Å². The molecule has 0 bridgehead atoms. The van der Waals surface area contributed by atoms with E-state index in [1.165, 1.54) is 6.20 Å². The van der Waals surface area contributed by atoms with Gasteiger partial charge in [0.1, 0.15) is 5.75 Å². The van der Waals surface area contributed by atoms with Gasteiger partial charge in [-0.3, -0.25) is 4.79 Å². The molecule has 3 rings (SSSR count). The zero-order chi connectivity index (χ0) is 14.1. The Balaban J connectivity index is 2.08. The minimum atomic E-state index is 0.0150. The fourth-order valence-electron chi connectivity index (χ4n) is 2.07. The Labute approximate surface area is 115 Å². The van der Waals surface area contributed by atoms with E-state index in [0.717, 1.165) is 5.56 Å². The number of nitrogens with two attached hydrogens (primary N) is 1. The van der Waals surface area contributed by atoms with Crippen LogP contribution in [0, 0.1) is 0 Å². The van der Waals surface area contributed by atoms with Crippen LogP contribution in [-0.4, -0.2) is 34.7 Å². The molecule has 7 heteroatoms. The zero-order valence-corrected chi connectivity index (χ0v) is 10.9. The number of hydrogen-bond donors (Lipinski definition) is 1. The van der Waals surface area contributed by atoms with Gasteiger partial charge in [0.25, 0.3) is 0 Å². The lowest BCUT2D eigenvalue weighted by molar-refractivity contribution is -0.118. The minimum Gasteiger partial charge on any atom is -0.491 e. The molecular weight excluding hydrogens is 258 g/mol. The van der Waals surface area contributed by atoms with Crippen LogP contribution >= 0.6 is 0 Å². The molecule has 2 N–H and O–H groups in total. The van der Waals surface area contributed by atoms with Gasteiger partial charge in [-0.05, 0) is 18.2 Å². The predicted octanol–water partition coefficient (Wildman–Crippen LogP) is 0.866. The molecule has 0 radical (unpaired) electrons. The molecule has 1 aromatic carbocycles. The molecule has 2 aromatic rings. The van der Waals surface area contributed by atoms with Gasteiger partial charge in [0.2, 0.25) is 11.9 Å². The van der Waals surface area contributed by atoms with Crippen molar-refractivity contribution in [3.63, 3.8) is 0 Å². The summed E-state index contributed by atoms with van der Waals surface area (Å²) in [7, 11) is 1.73. The maximum absolute atomic E-state index is 11.9. The van der Waals surface area contributed by atoms with E-state index in [1.807, 2.05) is 18.2 Å². The number of hydrogen-bond acceptors (Lipinski definition) is 6. The summed E-state index contributed by atoms with van der Waals surface area (Å²) in [6.45, 7) is 0.386. The molecule has 20 heavy (non-hydrogen) atoms. The van der Waals surface area contributed by atoms with E-state index < -0.39 is 0 Å². The molecule has 1 aromatic heterocycles. The van der Waals surface area contributed by atoms with Crippen LogP contribution in [0.3, 0.4) is 0 Å². The van der Waals surface area contributed by atoms with Gasteiger partial charge in [0, 0.05) is 12.6 Å². The Morgan fingerprint density at radius 2 is 2.25 bits per heavy atom. The van der Waals surface area contributed by atoms with Crippen molar-refractivity contribution >= 4 is 17.5 Å². The molecule has 0 unspecified atom stereocenters. The third-order valence-electron chi connectivity index (χ3n) is 3.14. The van der Waals surface area contributed by atoms with Crippen LogP contribution in [0.4, 0.5) is 11.6 Å².